The van der Waals surface area contributed by atoms with Crippen LogP contribution in [0.2, 0.25) is 0 Å². The van der Waals surface area contributed by atoms with E-state index in [-0.39, 0.29) is 11.9 Å². The first-order chi connectivity index (χ1) is 9.94. The number of hydrogen-bond acceptors (Lipinski definition) is 6. The summed E-state index contributed by atoms with van der Waals surface area (Å²) in [5.41, 5.74) is 13.7. The van der Waals surface area contributed by atoms with E-state index in [1.165, 1.54) is 11.1 Å². The Kier molecular flexibility index (Phi) is 4.70. The summed E-state index contributed by atoms with van der Waals surface area (Å²) in [5, 5.41) is 0. The normalized spacial score (nSPS) is 11.3. The predicted octanol–water partition coefficient (Wildman–Crippen LogP) is 1.79. The van der Waals surface area contributed by atoms with Crippen LogP contribution in [0.4, 0.5) is 11.9 Å². The molecule has 0 bridgehead atoms. The largest absolute Gasteiger partial charge is 0.368 e. The topological polar surface area (TPSA) is 94.0 Å². The van der Waals surface area contributed by atoms with Gasteiger partial charge in [-0.1, -0.05) is 38.1 Å². The predicted molar refractivity (Wildman–Crippen MR) is 84.4 cm³/mol. The van der Waals surface area contributed by atoms with Crippen molar-refractivity contribution < 1.29 is 0 Å². The second-order valence-electron chi connectivity index (χ2n) is 5.54. The molecule has 0 saturated heterocycles. The van der Waals surface area contributed by atoms with Crippen molar-refractivity contribution in [2.75, 3.05) is 18.5 Å². The van der Waals surface area contributed by atoms with Crippen LogP contribution in [0.15, 0.2) is 24.3 Å². The van der Waals surface area contributed by atoms with Gasteiger partial charge in [0.25, 0.3) is 0 Å². The van der Waals surface area contributed by atoms with E-state index in [0.717, 1.165) is 6.54 Å². The highest BCUT2D eigenvalue weighted by atomic mass is 15.2. The third-order valence-electron chi connectivity index (χ3n) is 3.23. The van der Waals surface area contributed by atoms with Gasteiger partial charge in [-0.15, -0.1) is 0 Å². The average Bonchev–Trinajstić information content (AvgIpc) is 2.37. The van der Waals surface area contributed by atoms with Crippen molar-refractivity contribution in [2.24, 2.45) is 0 Å². The lowest BCUT2D eigenvalue weighted by molar-refractivity contribution is 0.310. The SMILES string of the molecule is CC(C)c1ccc(CN(C)Cc2nc(N)nc(N)n2)cc1. The molecule has 0 fully saturated rings. The molecule has 2 aromatic rings. The second-order valence-corrected chi connectivity index (χ2v) is 5.54. The molecule has 0 aliphatic carbocycles. The van der Waals surface area contributed by atoms with Crippen molar-refractivity contribution in [1.29, 1.82) is 0 Å². The van der Waals surface area contributed by atoms with Gasteiger partial charge >= 0.3 is 0 Å². The Balaban J connectivity index is 1.99. The van der Waals surface area contributed by atoms with Crippen molar-refractivity contribution in [3.05, 3.63) is 41.2 Å². The number of rotatable bonds is 5. The Hall–Kier alpha value is -2.21. The van der Waals surface area contributed by atoms with Crippen LogP contribution in [0.1, 0.15) is 36.7 Å². The van der Waals surface area contributed by atoms with Crippen LogP contribution in [-0.2, 0) is 13.1 Å². The molecule has 0 amide bonds. The molecule has 0 aliphatic heterocycles. The van der Waals surface area contributed by atoms with E-state index in [9.17, 15) is 0 Å². The Bertz CT molecular complexity index is 573. The summed E-state index contributed by atoms with van der Waals surface area (Å²) in [6.45, 7) is 5.76. The summed E-state index contributed by atoms with van der Waals surface area (Å²) < 4.78 is 0. The highest BCUT2D eigenvalue weighted by Crippen LogP contribution is 2.15. The maximum atomic E-state index is 5.57. The quantitative estimate of drug-likeness (QED) is 0.870. The molecule has 1 aromatic carbocycles. The summed E-state index contributed by atoms with van der Waals surface area (Å²) in [5.74, 6) is 1.45. The Labute approximate surface area is 125 Å². The van der Waals surface area contributed by atoms with E-state index < -0.39 is 0 Å². The fraction of sp³-hybridized carbons (Fsp3) is 0.400. The lowest BCUT2D eigenvalue weighted by Crippen LogP contribution is -2.20. The van der Waals surface area contributed by atoms with Gasteiger partial charge in [0.05, 0.1) is 6.54 Å². The van der Waals surface area contributed by atoms with E-state index in [1.54, 1.807) is 0 Å². The molecule has 0 spiro atoms. The van der Waals surface area contributed by atoms with Gasteiger partial charge in [-0.3, -0.25) is 4.90 Å². The fourth-order valence-electron chi connectivity index (χ4n) is 2.14. The summed E-state index contributed by atoms with van der Waals surface area (Å²) in [4.78, 5) is 14.0. The zero-order valence-electron chi connectivity index (χ0n) is 12.7. The molecule has 0 radical (unpaired) electrons. The Morgan fingerprint density at radius 3 is 2.05 bits per heavy atom. The van der Waals surface area contributed by atoms with Gasteiger partial charge in [-0.25, -0.2) is 0 Å². The van der Waals surface area contributed by atoms with E-state index in [4.69, 9.17) is 11.5 Å². The van der Waals surface area contributed by atoms with Crippen molar-refractivity contribution in [3.8, 4) is 0 Å². The molecule has 6 heteroatoms. The van der Waals surface area contributed by atoms with Crippen LogP contribution in [0.5, 0.6) is 0 Å². The summed E-state index contributed by atoms with van der Waals surface area (Å²) in [6, 6.07) is 8.66. The highest BCUT2D eigenvalue weighted by molar-refractivity contribution is 5.26. The molecular formula is C15H22N6. The van der Waals surface area contributed by atoms with E-state index in [0.29, 0.717) is 18.3 Å². The van der Waals surface area contributed by atoms with E-state index >= 15 is 0 Å². The number of nitrogens with two attached hydrogens (primary N) is 2. The molecule has 21 heavy (non-hydrogen) atoms. The van der Waals surface area contributed by atoms with Gasteiger partial charge in [0.2, 0.25) is 11.9 Å². The number of hydrogen-bond donors (Lipinski definition) is 2. The van der Waals surface area contributed by atoms with Crippen LogP contribution >= 0.6 is 0 Å². The first kappa shape index (κ1) is 15.2. The number of nitrogen functional groups attached to an aromatic ring is 2. The Morgan fingerprint density at radius 2 is 1.52 bits per heavy atom. The minimum atomic E-state index is 0.159. The average molecular weight is 286 g/mol. The smallest absolute Gasteiger partial charge is 0.225 e. The van der Waals surface area contributed by atoms with Crippen molar-refractivity contribution >= 4 is 11.9 Å². The minimum Gasteiger partial charge on any atom is -0.368 e. The molecule has 1 aromatic heterocycles. The van der Waals surface area contributed by atoms with Crippen LogP contribution in [0, 0.1) is 0 Å². The van der Waals surface area contributed by atoms with Crippen LogP contribution in [0.25, 0.3) is 0 Å². The molecule has 0 atom stereocenters. The number of nitrogens with zero attached hydrogens (tertiary/aromatic N) is 4. The van der Waals surface area contributed by atoms with Crippen molar-refractivity contribution in [2.45, 2.75) is 32.9 Å². The highest BCUT2D eigenvalue weighted by Gasteiger charge is 2.07. The summed E-state index contributed by atoms with van der Waals surface area (Å²) in [7, 11) is 2.01. The van der Waals surface area contributed by atoms with Gasteiger partial charge in [-0.2, -0.15) is 15.0 Å². The molecule has 1 heterocycles. The van der Waals surface area contributed by atoms with Crippen LogP contribution in [-0.4, -0.2) is 26.9 Å². The molecular weight excluding hydrogens is 264 g/mol. The van der Waals surface area contributed by atoms with E-state index in [1.807, 2.05) is 7.05 Å². The lowest BCUT2D eigenvalue weighted by atomic mass is 10.0. The summed E-state index contributed by atoms with van der Waals surface area (Å²) >= 11 is 0. The monoisotopic (exact) mass is 286 g/mol. The number of benzene rings is 1. The van der Waals surface area contributed by atoms with Crippen LogP contribution in [0.3, 0.4) is 0 Å². The summed E-state index contributed by atoms with van der Waals surface area (Å²) in [6.07, 6.45) is 0. The third-order valence-corrected chi connectivity index (χ3v) is 3.23. The zero-order valence-corrected chi connectivity index (χ0v) is 12.7. The molecule has 6 nitrogen and oxygen atoms in total. The fourth-order valence-corrected chi connectivity index (χ4v) is 2.14. The van der Waals surface area contributed by atoms with Gasteiger partial charge < -0.3 is 11.5 Å². The van der Waals surface area contributed by atoms with Crippen molar-refractivity contribution in [1.82, 2.24) is 19.9 Å². The van der Waals surface area contributed by atoms with Gasteiger partial charge in [-0.05, 0) is 24.1 Å². The molecule has 0 aliphatic rings. The number of anilines is 2. The minimum absolute atomic E-state index is 0.159. The molecule has 0 saturated carbocycles. The van der Waals surface area contributed by atoms with Gasteiger partial charge in [0, 0.05) is 6.54 Å². The molecule has 0 unspecified atom stereocenters. The maximum absolute atomic E-state index is 5.57. The lowest BCUT2D eigenvalue weighted by Gasteiger charge is -2.16. The Morgan fingerprint density at radius 1 is 0.952 bits per heavy atom. The van der Waals surface area contributed by atoms with E-state index in [2.05, 4.69) is 58.0 Å². The third kappa shape index (κ3) is 4.39. The first-order valence-corrected chi connectivity index (χ1v) is 6.97. The molecule has 4 N–H and O–H groups in total. The maximum Gasteiger partial charge on any atom is 0.225 e. The molecule has 2 rings (SSSR count). The zero-order chi connectivity index (χ0) is 15.4. The standard InChI is InChI=1S/C15H22N6/c1-10(2)12-6-4-11(5-7-12)8-21(3)9-13-18-14(16)20-15(17)19-13/h4-7,10H,8-9H2,1-3H3,(H4,16,17,18,19,20). The molecule has 112 valence electrons. The van der Waals surface area contributed by atoms with Gasteiger partial charge in [0.1, 0.15) is 5.82 Å². The van der Waals surface area contributed by atoms with Crippen molar-refractivity contribution in [3.63, 3.8) is 0 Å². The van der Waals surface area contributed by atoms with Crippen LogP contribution < -0.4 is 11.5 Å². The second kappa shape index (κ2) is 6.49. The first-order valence-electron chi connectivity index (χ1n) is 6.97. The number of aromatic nitrogens is 3. The van der Waals surface area contributed by atoms with Gasteiger partial charge in [0.15, 0.2) is 0 Å².